The highest BCUT2D eigenvalue weighted by atomic mass is 16.2. The van der Waals surface area contributed by atoms with Gasteiger partial charge in [0, 0.05) is 11.3 Å². The lowest BCUT2D eigenvalue weighted by molar-refractivity contribution is -0.134. The predicted octanol–water partition coefficient (Wildman–Crippen LogP) is 7.67. The topological polar surface area (TPSA) is 86.2 Å². The number of primary amides is 2. The maximum atomic E-state index is 12.4. The minimum absolute atomic E-state index is 0.0632. The van der Waals surface area contributed by atoms with Gasteiger partial charge < -0.3 is 11.5 Å². The Morgan fingerprint density at radius 2 is 0.938 bits per heavy atom. The van der Waals surface area contributed by atoms with Gasteiger partial charge in [-0.2, -0.15) is 0 Å². The van der Waals surface area contributed by atoms with E-state index in [0.29, 0.717) is 0 Å². The van der Waals surface area contributed by atoms with Crippen LogP contribution in [0.15, 0.2) is 0 Å². The van der Waals surface area contributed by atoms with Crippen LogP contribution in [0.3, 0.4) is 0 Å². The minimum Gasteiger partial charge on any atom is -0.369 e. The van der Waals surface area contributed by atoms with Crippen LogP contribution in [0.5, 0.6) is 0 Å². The first-order valence-corrected chi connectivity index (χ1v) is 13.9. The standard InChI is InChI=1S/C28H56N2O2/c1-5-7-9-11-13-14-15-17-18-20-22-24(26(29)31)25(28(3,4)27(30)32)23-21-19-16-12-10-8-6-2/h24-25H,5-23H2,1-4H3,(H2,29,31)(H2,30,32). The van der Waals surface area contributed by atoms with E-state index in [4.69, 9.17) is 11.5 Å². The highest BCUT2D eigenvalue weighted by Gasteiger charge is 2.41. The minimum atomic E-state index is -0.708. The molecule has 0 saturated carbocycles. The number of unbranched alkanes of at least 4 members (excludes halogenated alkanes) is 15. The van der Waals surface area contributed by atoms with Gasteiger partial charge >= 0.3 is 0 Å². The summed E-state index contributed by atoms with van der Waals surface area (Å²) in [5, 5.41) is 0. The number of hydrogen-bond acceptors (Lipinski definition) is 2. The van der Waals surface area contributed by atoms with Crippen molar-refractivity contribution < 1.29 is 9.59 Å². The van der Waals surface area contributed by atoms with E-state index in [-0.39, 0.29) is 23.7 Å². The zero-order valence-electron chi connectivity index (χ0n) is 22.1. The Hall–Kier alpha value is -1.06. The fourth-order valence-corrected chi connectivity index (χ4v) is 4.96. The molecule has 2 atom stereocenters. The van der Waals surface area contributed by atoms with E-state index in [9.17, 15) is 9.59 Å². The summed E-state index contributed by atoms with van der Waals surface area (Å²) < 4.78 is 0. The molecule has 0 aromatic rings. The molecule has 0 fully saturated rings. The Morgan fingerprint density at radius 3 is 1.28 bits per heavy atom. The number of nitrogens with two attached hydrogens (primary N) is 2. The molecule has 4 heteroatoms. The van der Waals surface area contributed by atoms with Gasteiger partial charge in [-0.1, -0.05) is 137 Å². The van der Waals surface area contributed by atoms with Crippen LogP contribution >= 0.6 is 0 Å². The molecule has 0 saturated heterocycles. The Kier molecular flexibility index (Phi) is 18.8. The molecule has 0 spiro atoms. The van der Waals surface area contributed by atoms with Gasteiger partial charge in [-0.15, -0.1) is 0 Å². The molecule has 2 unspecified atom stereocenters. The van der Waals surface area contributed by atoms with Crippen molar-refractivity contribution in [1.29, 1.82) is 0 Å². The molecular weight excluding hydrogens is 396 g/mol. The van der Waals surface area contributed by atoms with Gasteiger partial charge in [0.2, 0.25) is 11.8 Å². The van der Waals surface area contributed by atoms with E-state index in [1.54, 1.807) is 0 Å². The lowest BCUT2D eigenvalue weighted by atomic mass is 9.67. The molecule has 0 aromatic heterocycles. The summed E-state index contributed by atoms with van der Waals surface area (Å²) in [6.07, 6.45) is 22.9. The molecule has 190 valence electrons. The average Bonchev–Trinajstić information content (AvgIpc) is 2.74. The molecule has 0 rings (SSSR count). The maximum Gasteiger partial charge on any atom is 0.223 e. The van der Waals surface area contributed by atoms with Crippen LogP contribution in [0, 0.1) is 17.3 Å². The molecule has 2 amide bonds. The van der Waals surface area contributed by atoms with E-state index >= 15 is 0 Å². The van der Waals surface area contributed by atoms with Crippen LogP contribution in [-0.2, 0) is 9.59 Å². The van der Waals surface area contributed by atoms with Crippen molar-refractivity contribution in [3.63, 3.8) is 0 Å². The van der Waals surface area contributed by atoms with E-state index in [0.717, 1.165) is 38.5 Å². The van der Waals surface area contributed by atoms with Crippen molar-refractivity contribution in [3.05, 3.63) is 0 Å². The molecule has 0 radical (unpaired) electrons. The zero-order chi connectivity index (χ0) is 24.2. The van der Waals surface area contributed by atoms with Crippen molar-refractivity contribution >= 4 is 11.8 Å². The van der Waals surface area contributed by atoms with Crippen LogP contribution in [0.25, 0.3) is 0 Å². The third-order valence-corrected chi connectivity index (χ3v) is 7.40. The number of carbonyl (C=O) groups excluding carboxylic acids is 2. The van der Waals surface area contributed by atoms with Gasteiger partial charge in [0.25, 0.3) is 0 Å². The van der Waals surface area contributed by atoms with Crippen LogP contribution in [0.1, 0.15) is 150 Å². The fourth-order valence-electron chi connectivity index (χ4n) is 4.96. The summed E-state index contributed by atoms with van der Waals surface area (Å²) in [5.74, 6) is -0.902. The monoisotopic (exact) mass is 452 g/mol. The normalized spacial score (nSPS) is 13.8. The second-order valence-corrected chi connectivity index (χ2v) is 10.6. The lowest BCUT2D eigenvalue weighted by Crippen LogP contribution is -2.45. The van der Waals surface area contributed by atoms with Crippen molar-refractivity contribution in [2.75, 3.05) is 0 Å². The van der Waals surface area contributed by atoms with Gasteiger partial charge in [-0.3, -0.25) is 9.59 Å². The van der Waals surface area contributed by atoms with Gasteiger partial charge in [-0.25, -0.2) is 0 Å². The number of hydrogen-bond donors (Lipinski definition) is 2. The van der Waals surface area contributed by atoms with E-state index in [2.05, 4.69) is 13.8 Å². The summed E-state index contributed by atoms with van der Waals surface area (Å²) in [5.41, 5.74) is 10.9. The second kappa shape index (κ2) is 19.4. The highest BCUT2D eigenvalue weighted by Crippen LogP contribution is 2.39. The first kappa shape index (κ1) is 30.9. The molecule has 0 aliphatic heterocycles. The molecule has 0 aromatic carbocycles. The Bertz CT molecular complexity index is 476. The summed E-state index contributed by atoms with van der Waals surface area (Å²) >= 11 is 0. The van der Waals surface area contributed by atoms with E-state index < -0.39 is 5.41 Å². The third kappa shape index (κ3) is 14.2. The van der Waals surface area contributed by atoms with Crippen molar-refractivity contribution in [3.8, 4) is 0 Å². The molecular formula is C28H56N2O2. The Labute approximate surface area is 200 Å². The van der Waals surface area contributed by atoms with Crippen LogP contribution in [-0.4, -0.2) is 11.8 Å². The Morgan fingerprint density at radius 1 is 0.594 bits per heavy atom. The molecule has 32 heavy (non-hydrogen) atoms. The number of rotatable bonds is 23. The van der Waals surface area contributed by atoms with E-state index in [1.165, 1.54) is 83.5 Å². The molecule has 4 nitrogen and oxygen atoms in total. The first-order chi connectivity index (χ1) is 15.3. The number of carbonyl (C=O) groups is 2. The Balaban J connectivity index is 4.52. The second-order valence-electron chi connectivity index (χ2n) is 10.6. The molecule has 0 aliphatic carbocycles. The average molecular weight is 453 g/mol. The molecule has 0 aliphatic rings. The van der Waals surface area contributed by atoms with Gasteiger partial charge in [0.1, 0.15) is 0 Å². The van der Waals surface area contributed by atoms with Crippen LogP contribution in [0.4, 0.5) is 0 Å². The summed E-state index contributed by atoms with van der Waals surface area (Å²) in [6, 6.07) is 0. The smallest absolute Gasteiger partial charge is 0.223 e. The SMILES string of the molecule is CCCCCCCCCCCCC(C(N)=O)C(CCCCCCCCC)C(C)(C)C(N)=O. The van der Waals surface area contributed by atoms with Crippen molar-refractivity contribution in [2.24, 2.45) is 28.7 Å². The van der Waals surface area contributed by atoms with Gasteiger partial charge in [0.15, 0.2) is 0 Å². The number of amides is 2. The summed E-state index contributed by atoms with van der Waals surface area (Å²) in [4.78, 5) is 24.6. The summed E-state index contributed by atoms with van der Waals surface area (Å²) in [6.45, 7) is 8.28. The van der Waals surface area contributed by atoms with Gasteiger partial charge in [-0.05, 0) is 18.8 Å². The molecule has 0 bridgehead atoms. The fraction of sp³-hybridized carbons (Fsp3) is 0.929. The van der Waals surface area contributed by atoms with Crippen LogP contribution in [0.2, 0.25) is 0 Å². The zero-order valence-corrected chi connectivity index (χ0v) is 22.1. The quantitative estimate of drug-likeness (QED) is 0.156. The molecule has 0 heterocycles. The van der Waals surface area contributed by atoms with E-state index in [1.807, 2.05) is 13.8 Å². The lowest BCUT2D eigenvalue weighted by Gasteiger charge is -2.36. The third-order valence-electron chi connectivity index (χ3n) is 7.40. The summed E-state index contributed by atoms with van der Waals surface area (Å²) in [7, 11) is 0. The first-order valence-electron chi connectivity index (χ1n) is 13.9. The van der Waals surface area contributed by atoms with Crippen molar-refractivity contribution in [2.45, 2.75) is 150 Å². The molecule has 4 N–H and O–H groups in total. The maximum absolute atomic E-state index is 12.4. The van der Waals surface area contributed by atoms with Gasteiger partial charge in [0.05, 0.1) is 0 Å². The van der Waals surface area contributed by atoms with Crippen molar-refractivity contribution in [1.82, 2.24) is 0 Å². The highest BCUT2D eigenvalue weighted by molar-refractivity contribution is 5.83. The van der Waals surface area contributed by atoms with Crippen LogP contribution < -0.4 is 11.5 Å². The predicted molar refractivity (Wildman–Crippen MR) is 138 cm³/mol. The largest absolute Gasteiger partial charge is 0.369 e.